The Bertz CT molecular complexity index is 262. The van der Waals surface area contributed by atoms with Crippen LogP contribution in [0.25, 0.3) is 0 Å². The lowest BCUT2D eigenvalue weighted by molar-refractivity contribution is 0.389. The molecule has 2 nitrogen and oxygen atoms in total. The van der Waals surface area contributed by atoms with Crippen molar-refractivity contribution in [2.75, 3.05) is 5.88 Å². The van der Waals surface area contributed by atoms with Crippen molar-refractivity contribution >= 4 is 11.6 Å². The fraction of sp³-hybridized carbons (Fsp3) is 0.583. The molecule has 1 heterocycles. The van der Waals surface area contributed by atoms with E-state index in [1.165, 1.54) is 5.56 Å². The molecule has 0 fully saturated rings. The molecule has 1 atom stereocenters. The van der Waals surface area contributed by atoms with E-state index >= 15 is 0 Å². The van der Waals surface area contributed by atoms with Gasteiger partial charge in [-0.3, -0.25) is 4.98 Å². The number of pyridine rings is 1. The molecule has 0 bridgehead atoms. The first-order valence-electron chi connectivity index (χ1n) is 5.42. The zero-order valence-electron chi connectivity index (χ0n) is 9.41. The highest BCUT2D eigenvalue weighted by Crippen LogP contribution is 2.08. The maximum absolute atomic E-state index is 5.77. The number of rotatable bonds is 6. The summed E-state index contributed by atoms with van der Waals surface area (Å²) in [6, 6.07) is 4.56. The van der Waals surface area contributed by atoms with E-state index in [0.29, 0.717) is 17.8 Å². The molecule has 0 radical (unpaired) electrons. The topological polar surface area (TPSA) is 24.9 Å². The number of alkyl halides is 1. The number of halogens is 1. The maximum Gasteiger partial charge on any atom is 0.0271 e. The van der Waals surface area contributed by atoms with Crippen LogP contribution in [0.3, 0.4) is 0 Å². The van der Waals surface area contributed by atoms with Crippen LogP contribution in [0.4, 0.5) is 0 Å². The third-order valence-corrected chi connectivity index (χ3v) is 2.76. The Kier molecular flexibility index (Phi) is 5.66. The average molecular weight is 227 g/mol. The van der Waals surface area contributed by atoms with Gasteiger partial charge in [-0.25, -0.2) is 0 Å². The number of aromatic nitrogens is 1. The first kappa shape index (κ1) is 12.5. The van der Waals surface area contributed by atoms with Crippen molar-refractivity contribution in [3.8, 4) is 0 Å². The van der Waals surface area contributed by atoms with Gasteiger partial charge in [0.25, 0.3) is 0 Å². The van der Waals surface area contributed by atoms with Crippen LogP contribution < -0.4 is 5.32 Å². The van der Waals surface area contributed by atoms with Crippen molar-refractivity contribution in [3.63, 3.8) is 0 Å². The van der Waals surface area contributed by atoms with E-state index in [2.05, 4.69) is 24.1 Å². The molecule has 0 spiro atoms. The molecule has 0 aliphatic rings. The van der Waals surface area contributed by atoms with E-state index in [1.54, 1.807) is 0 Å². The number of nitrogens with one attached hydrogen (secondary N) is 1. The smallest absolute Gasteiger partial charge is 0.0271 e. The van der Waals surface area contributed by atoms with Gasteiger partial charge in [-0.1, -0.05) is 13.8 Å². The molecule has 0 saturated carbocycles. The minimum absolute atomic E-state index is 0.496. The van der Waals surface area contributed by atoms with E-state index in [4.69, 9.17) is 11.6 Å². The third kappa shape index (κ3) is 4.63. The highest BCUT2D eigenvalue weighted by molar-refractivity contribution is 6.17. The van der Waals surface area contributed by atoms with Crippen molar-refractivity contribution in [1.82, 2.24) is 10.3 Å². The molecule has 84 valence electrons. The highest BCUT2D eigenvalue weighted by Gasteiger charge is 2.11. The van der Waals surface area contributed by atoms with Crippen molar-refractivity contribution in [2.45, 2.75) is 32.9 Å². The van der Waals surface area contributed by atoms with Crippen molar-refractivity contribution in [2.24, 2.45) is 5.92 Å². The predicted molar refractivity (Wildman–Crippen MR) is 65.0 cm³/mol. The highest BCUT2D eigenvalue weighted by atomic mass is 35.5. The van der Waals surface area contributed by atoms with Gasteiger partial charge in [-0.05, 0) is 30.0 Å². The van der Waals surface area contributed by atoms with Gasteiger partial charge < -0.3 is 5.32 Å². The summed E-state index contributed by atoms with van der Waals surface area (Å²) in [4.78, 5) is 4.00. The fourth-order valence-electron chi connectivity index (χ4n) is 1.54. The van der Waals surface area contributed by atoms with E-state index in [0.717, 1.165) is 13.0 Å². The summed E-state index contributed by atoms with van der Waals surface area (Å²) in [5.41, 5.74) is 1.27. The molecule has 1 N–H and O–H groups in total. The molecular weight excluding hydrogens is 208 g/mol. The van der Waals surface area contributed by atoms with Gasteiger partial charge in [0, 0.05) is 30.9 Å². The normalized spacial score (nSPS) is 13.1. The quantitative estimate of drug-likeness (QED) is 0.755. The summed E-state index contributed by atoms with van der Waals surface area (Å²) in [6.07, 6.45) is 4.66. The predicted octanol–water partition coefficient (Wildman–Crippen LogP) is 2.82. The number of hydrogen-bond donors (Lipinski definition) is 1. The van der Waals surface area contributed by atoms with Crippen LogP contribution >= 0.6 is 11.6 Å². The van der Waals surface area contributed by atoms with Gasteiger partial charge in [0.05, 0.1) is 0 Å². The first-order valence-corrected chi connectivity index (χ1v) is 5.95. The Balaban J connectivity index is 2.40. The van der Waals surface area contributed by atoms with Gasteiger partial charge >= 0.3 is 0 Å². The molecule has 0 aliphatic carbocycles. The zero-order chi connectivity index (χ0) is 11.1. The second-order valence-electron chi connectivity index (χ2n) is 4.06. The molecule has 0 amide bonds. The molecule has 1 unspecified atom stereocenters. The van der Waals surface area contributed by atoms with E-state index in [-0.39, 0.29) is 0 Å². The van der Waals surface area contributed by atoms with Crippen molar-refractivity contribution < 1.29 is 0 Å². The second-order valence-corrected chi connectivity index (χ2v) is 4.44. The SMILES string of the molecule is CC(C)C(CCCl)NCc1ccncc1. The second kappa shape index (κ2) is 6.81. The van der Waals surface area contributed by atoms with Gasteiger partial charge in [0.15, 0.2) is 0 Å². The largest absolute Gasteiger partial charge is 0.310 e. The molecule has 3 heteroatoms. The summed E-state index contributed by atoms with van der Waals surface area (Å²) in [5.74, 6) is 1.33. The van der Waals surface area contributed by atoms with Crippen LogP contribution in [0.2, 0.25) is 0 Å². The monoisotopic (exact) mass is 226 g/mol. The minimum Gasteiger partial charge on any atom is -0.310 e. The van der Waals surface area contributed by atoms with Crippen LogP contribution in [-0.2, 0) is 6.54 Å². The molecule has 1 rings (SSSR count). The van der Waals surface area contributed by atoms with Crippen LogP contribution in [-0.4, -0.2) is 16.9 Å². The van der Waals surface area contributed by atoms with Gasteiger partial charge in [-0.15, -0.1) is 11.6 Å². The molecular formula is C12H19ClN2. The number of hydrogen-bond acceptors (Lipinski definition) is 2. The van der Waals surface area contributed by atoms with Gasteiger partial charge in [-0.2, -0.15) is 0 Å². The van der Waals surface area contributed by atoms with Gasteiger partial charge in [0.1, 0.15) is 0 Å². The lowest BCUT2D eigenvalue weighted by atomic mass is 10.0. The minimum atomic E-state index is 0.496. The maximum atomic E-state index is 5.77. The molecule has 15 heavy (non-hydrogen) atoms. The summed E-state index contributed by atoms with van der Waals surface area (Å²) in [5, 5.41) is 3.52. The summed E-state index contributed by atoms with van der Waals surface area (Å²) < 4.78 is 0. The van der Waals surface area contributed by atoms with Crippen LogP contribution in [0.1, 0.15) is 25.8 Å². The lowest BCUT2D eigenvalue weighted by Gasteiger charge is -2.21. The molecule has 0 aliphatic heterocycles. The molecule has 1 aromatic rings. The standard InChI is InChI=1S/C12H19ClN2/c1-10(2)12(3-6-13)15-9-11-4-7-14-8-5-11/h4-5,7-8,10,12,15H,3,6,9H2,1-2H3. The van der Waals surface area contributed by atoms with Crippen molar-refractivity contribution in [1.29, 1.82) is 0 Å². The van der Waals surface area contributed by atoms with Crippen LogP contribution in [0, 0.1) is 5.92 Å². The van der Waals surface area contributed by atoms with E-state index < -0.39 is 0 Å². The molecule has 1 aromatic heterocycles. The van der Waals surface area contributed by atoms with Crippen molar-refractivity contribution in [3.05, 3.63) is 30.1 Å². The van der Waals surface area contributed by atoms with E-state index in [9.17, 15) is 0 Å². The molecule has 0 saturated heterocycles. The number of nitrogens with zero attached hydrogens (tertiary/aromatic N) is 1. The lowest BCUT2D eigenvalue weighted by Crippen LogP contribution is -2.33. The summed E-state index contributed by atoms with van der Waals surface area (Å²) in [7, 11) is 0. The summed E-state index contributed by atoms with van der Waals surface area (Å²) >= 11 is 5.77. The summed E-state index contributed by atoms with van der Waals surface area (Å²) in [6.45, 7) is 5.33. The Labute approximate surface area is 97.1 Å². The average Bonchev–Trinajstić information content (AvgIpc) is 2.25. The first-order chi connectivity index (χ1) is 7.24. The molecule has 0 aromatic carbocycles. The third-order valence-electron chi connectivity index (χ3n) is 2.54. The Morgan fingerprint density at radius 3 is 2.53 bits per heavy atom. The van der Waals surface area contributed by atoms with Crippen LogP contribution in [0.15, 0.2) is 24.5 Å². The van der Waals surface area contributed by atoms with Gasteiger partial charge in [0.2, 0.25) is 0 Å². The Hall–Kier alpha value is -0.600. The van der Waals surface area contributed by atoms with Crippen LogP contribution in [0.5, 0.6) is 0 Å². The Morgan fingerprint density at radius 1 is 1.33 bits per heavy atom. The Morgan fingerprint density at radius 2 is 2.00 bits per heavy atom. The fourth-order valence-corrected chi connectivity index (χ4v) is 1.77. The van der Waals surface area contributed by atoms with E-state index in [1.807, 2.05) is 24.5 Å². The zero-order valence-corrected chi connectivity index (χ0v) is 10.2.